The van der Waals surface area contributed by atoms with Gasteiger partial charge in [-0.2, -0.15) is 0 Å². The van der Waals surface area contributed by atoms with Gasteiger partial charge in [0.15, 0.2) is 0 Å². The summed E-state index contributed by atoms with van der Waals surface area (Å²) in [4.78, 5) is 4.39. The number of rotatable bonds is 7. The molecule has 0 fully saturated rings. The molecule has 0 saturated carbocycles. The normalized spacial score (nSPS) is 12.3. The largest absolute Gasteiger partial charge is 0.313 e. The summed E-state index contributed by atoms with van der Waals surface area (Å²) < 4.78 is 14.0. The molecule has 21 heavy (non-hydrogen) atoms. The molecule has 112 valence electrons. The van der Waals surface area contributed by atoms with E-state index in [0.29, 0.717) is 6.04 Å². The van der Waals surface area contributed by atoms with Crippen molar-refractivity contribution in [3.63, 3.8) is 0 Å². The molecule has 2 aromatic rings. The van der Waals surface area contributed by atoms with E-state index < -0.39 is 0 Å². The monoisotopic (exact) mass is 350 g/mol. The van der Waals surface area contributed by atoms with Gasteiger partial charge in [-0.25, -0.2) is 4.39 Å². The first kappa shape index (κ1) is 16.1. The molecule has 0 aliphatic carbocycles. The molecule has 0 radical (unpaired) electrons. The Morgan fingerprint density at radius 2 is 2.10 bits per heavy atom. The molecule has 0 aliphatic heterocycles. The van der Waals surface area contributed by atoms with Gasteiger partial charge in [0.05, 0.1) is 0 Å². The maximum Gasteiger partial charge on any atom is 0.124 e. The van der Waals surface area contributed by atoms with Crippen LogP contribution in [0, 0.1) is 5.82 Å². The van der Waals surface area contributed by atoms with Crippen LogP contribution in [0.4, 0.5) is 4.39 Å². The van der Waals surface area contributed by atoms with Crippen molar-refractivity contribution >= 4 is 15.9 Å². The van der Waals surface area contributed by atoms with Crippen LogP contribution in [-0.4, -0.2) is 17.6 Å². The summed E-state index contributed by atoms with van der Waals surface area (Å²) in [6.45, 7) is 3.12. The molecule has 1 unspecified atom stereocenters. The average Bonchev–Trinajstić information content (AvgIpc) is 2.48. The summed E-state index contributed by atoms with van der Waals surface area (Å²) in [7, 11) is 0. The molecule has 0 spiro atoms. The fourth-order valence-electron chi connectivity index (χ4n) is 2.29. The molecule has 2 rings (SSSR count). The fraction of sp³-hybridized carbons (Fsp3) is 0.353. The number of nitrogens with one attached hydrogen (secondary N) is 1. The van der Waals surface area contributed by atoms with Crippen LogP contribution in [0.1, 0.15) is 24.6 Å². The van der Waals surface area contributed by atoms with Crippen molar-refractivity contribution in [1.29, 1.82) is 0 Å². The van der Waals surface area contributed by atoms with E-state index in [4.69, 9.17) is 0 Å². The summed E-state index contributed by atoms with van der Waals surface area (Å²) in [5.41, 5.74) is 2.19. The second-order valence-electron chi connectivity index (χ2n) is 5.12. The maximum atomic E-state index is 13.2. The summed E-state index contributed by atoms with van der Waals surface area (Å²) in [6, 6.07) is 11.1. The van der Waals surface area contributed by atoms with Crippen LogP contribution in [0.5, 0.6) is 0 Å². The zero-order chi connectivity index (χ0) is 15.1. The second-order valence-corrected chi connectivity index (χ2v) is 5.97. The minimum atomic E-state index is -0.214. The third-order valence-corrected chi connectivity index (χ3v) is 4.08. The number of pyridine rings is 1. The Balaban J connectivity index is 2.08. The number of hydrogen-bond donors (Lipinski definition) is 1. The van der Waals surface area contributed by atoms with Gasteiger partial charge in [0.1, 0.15) is 5.82 Å². The summed E-state index contributed by atoms with van der Waals surface area (Å²) in [5.74, 6) is -0.214. The molecule has 0 amide bonds. The van der Waals surface area contributed by atoms with Crippen LogP contribution in [0.2, 0.25) is 0 Å². The SMILES string of the molecule is CCCNC(Cc1ccccn1)Cc1ccc(F)cc1Br. The van der Waals surface area contributed by atoms with Crippen LogP contribution in [-0.2, 0) is 12.8 Å². The summed E-state index contributed by atoms with van der Waals surface area (Å²) in [6.07, 6.45) is 4.62. The average molecular weight is 351 g/mol. The maximum absolute atomic E-state index is 13.2. The van der Waals surface area contributed by atoms with Crippen LogP contribution < -0.4 is 5.32 Å². The van der Waals surface area contributed by atoms with Crippen LogP contribution in [0.25, 0.3) is 0 Å². The number of aromatic nitrogens is 1. The first-order chi connectivity index (χ1) is 10.2. The number of hydrogen-bond acceptors (Lipinski definition) is 2. The van der Waals surface area contributed by atoms with Crippen molar-refractivity contribution in [2.45, 2.75) is 32.2 Å². The molecular formula is C17H20BrFN2. The predicted octanol–water partition coefficient (Wildman–Crippen LogP) is 4.14. The van der Waals surface area contributed by atoms with E-state index >= 15 is 0 Å². The first-order valence-corrected chi connectivity index (χ1v) is 8.05. The molecule has 0 bridgehead atoms. The van der Waals surface area contributed by atoms with Gasteiger partial charge in [-0.3, -0.25) is 4.98 Å². The molecule has 1 aromatic carbocycles. The van der Waals surface area contributed by atoms with E-state index in [-0.39, 0.29) is 5.82 Å². The molecule has 1 aromatic heterocycles. The molecular weight excluding hydrogens is 331 g/mol. The van der Waals surface area contributed by atoms with Crippen molar-refractivity contribution in [2.75, 3.05) is 6.54 Å². The zero-order valence-electron chi connectivity index (χ0n) is 12.2. The summed E-state index contributed by atoms with van der Waals surface area (Å²) in [5, 5.41) is 3.55. The quantitative estimate of drug-likeness (QED) is 0.811. The van der Waals surface area contributed by atoms with Crippen molar-refractivity contribution in [2.24, 2.45) is 0 Å². The van der Waals surface area contributed by atoms with Gasteiger partial charge in [-0.1, -0.05) is 35.0 Å². The lowest BCUT2D eigenvalue weighted by Crippen LogP contribution is -2.34. The van der Waals surface area contributed by atoms with Gasteiger partial charge >= 0.3 is 0 Å². The lowest BCUT2D eigenvalue weighted by Gasteiger charge is -2.19. The highest BCUT2D eigenvalue weighted by Crippen LogP contribution is 2.20. The molecule has 0 saturated heterocycles. The van der Waals surface area contributed by atoms with Gasteiger partial charge in [0, 0.05) is 28.8 Å². The Bertz CT molecular complexity index is 560. The Kier molecular flexibility index (Phi) is 6.33. The third kappa shape index (κ3) is 5.21. The highest BCUT2D eigenvalue weighted by Gasteiger charge is 2.13. The molecule has 4 heteroatoms. The molecule has 2 nitrogen and oxygen atoms in total. The standard InChI is InChI=1S/C17H20BrFN2/c1-2-8-20-16(12-15-5-3-4-9-21-15)10-13-6-7-14(19)11-17(13)18/h3-7,9,11,16,20H,2,8,10,12H2,1H3. The van der Waals surface area contributed by atoms with E-state index in [1.54, 1.807) is 0 Å². The van der Waals surface area contributed by atoms with E-state index in [1.165, 1.54) is 12.1 Å². The number of nitrogens with zero attached hydrogens (tertiary/aromatic N) is 1. The van der Waals surface area contributed by atoms with E-state index in [2.05, 4.69) is 33.2 Å². The van der Waals surface area contributed by atoms with Gasteiger partial charge in [0.2, 0.25) is 0 Å². The summed E-state index contributed by atoms with van der Waals surface area (Å²) >= 11 is 3.45. The lowest BCUT2D eigenvalue weighted by molar-refractivity contribution is 0.499. The van der Waals surface area contributed by atoms with Crippen molar-refractivity contribution in [1.82, 2.24) is 10.3 Å². The van der Waals surface area contributed by atoms with Crippen molar-refractivity contribution in [3.05, 3.63) is 64.1 Å². The fourth-order valence-corrected chi connectivity index (χ4v) is 2.80. The highest BCUT2D eigenvalue weighted by atomic mass is 79.9. The minimum Gasteiger partial charge on any atom is -0.313 e. The second kappa shape index (κ2) is 8.25. The van der Waals surface area contributed by atoms with Gasteiger partial charge < -0.3 is 5.32 Å². The number of halogens is 2. The number of benzene rings is 1. The predicted molar refractivity (Wildman–Crippen MR) is 87.8 cm³/mol. The third-order valence-electron chi connectivity index (χ3n) is 3.35. The van der Waals surface area contributed by atoms with E-state index in [0.717, 1.165) is 41.5 Å². The van der Waals surface area contributed by atoms with E-state index in [1.807, 2.05) is 30.5 Å². The van der Waals surface area contributed by atoms with Crippen LogP contribution >= 0.6 is 15.9 Å². The molecule has 1 N–H and O–H groups in total. The Morgan fingerprint density at radius 3 is 2.76 bits per heavy atom. The first-order valence-electron chi connectivity index (χ1n) is 7.26. The molecule has 1 atom stereocenters. The molecule has 1 heterocycles. The topological polar surface area (TPSA) is 24.9 Å². The van der Waals surface area contributed by atoms with E-state index in [9.17, 15) is 4.39 Å². The van der Waals surface area contributed by atoms with Crippen molar-refractivity contribution in [3.8, 4) is 0 Å². The Hall–Kier alpha value is -1.26. The molecule has 0 aliphatic rings. The smallest absolute Gasteiger partial charge is 0.124 e. The van der Waals surface area contributed by atoms with Gasteiger partial charge in [-0.15, -0.1) is 0 Å². The van der Waals surface area contributed by atoms with Crippen molar-refractivity contribution < 1.29 is 4.39 Å². The lowest BCUT2D eigenvalue weighted by atomic mass is 10.0. The zero-order valence-corrected chi connectivity index (χ0v) is 13.7. The van der Waals surface area contributed by atoms with Crippen LogP contribution in [0.15, 0.2) is 47.1 Å². The van der Waals surface area contributed by atoms with Gasteiger partial charge in [0.25, 0.3) is 0 Å². The van der Waals surface area contributed by atoms with Gasteiger partial charge in [-0.05, 0) is 49.2 Å². The van der Waals surface area contributed by atoms with Crippen LogP contribution in [0.3, 0.4) is 0 Å². The minimum absolute atomic E-state index is 0.214. The Morgan fingerprint density at radius 1 is 1.24 bits per heavy atom. The highest BCUT2D eigenvalue weighted by molar-refractivity contribution is 9.10. The Labute approximate surface area is 133 Å².